The molecule has 0 saturated heterocycles. The second-order valence-corrected chi connectivity index (χ2v) is 3.85. The molecule has 2 nitrogen and oxygen atoms in total. The minimum absolute atomic E-state index is 0.165. The van der Waals surface area contributed by atoms with Gasteiger partial charge >= 0.3 is 0 Å². The van der Waals surface area contributed by atoms with Crippen LogP contribution >= 0.6 is 0 Å². The molecule has 0 heterocycles. The molecule has 0 radical (unpaired) electrons. The molecular weight excluding hydrogens is 140 g/mol. The number of ether oxygens (including phenoxy) is 1. The summed E-state index contributed by atoms with van der Waals surface area (Å²) in [4.78, 5) is 11.3. The van der Waals surface area contributed by atoms with Gasteiger partial charge in [0.2, 0.25) is 0 Å². The highest BCUT2D eigenvalue weighted by Gasteiger charge is 2.58. The van der Waals surface area contributed by atoms with E-state index in [1.54, 1.807) is 14.0 Å². The molecule has 1 fully saturated rings. The average molecular weight is 156 g/mol. The smallest absolute Gasteiger partial charge is 0.138 e. The molecule has 1 rings (SSSR count). The number of carbonyl (C=O) groups is 1. The number of Topliss-reactive ketones (excluding diaryl/α,β-unsaturated/α-hetero) is 1. The zero-order valence-electron chi connectivity index (χ0n) is 7.73. The Morgan fingerprint density at radius 2 is 1.91 bits per heavy atom. The van der Waals surface area contributed by atoms with E-state index in [4.69, 9.17) is 4.74 Å². The van der Waals surface area contributed by atoms with Gasteiger partial charge in [-0.2, -0.15) is 0 Å². The van der Waals surface area contributed by atoms with E-state index in [9.17, 15) is 4.79 Å². The van der Waals surface area contributed by atoms with Crippen molar-refractivity contribution in [3.8, 4) is 0 Å². The van der Waals surface area contributed by atoms with Crippen LogP contribution in [0.1, 0.15) is 33.6 Å². The van der Waals surface area contributed by atoms with Gasteiger partial charge in [0.25, 0.3) is 0 Å². The van der Waals surface area contributed by atoms with Gasteiger partial charge in [0, 0.05) is 7.11 Å². The normalized spacial score (nSPS) is 21.5. The van der Waals surface area contributed by atoms with E-state index in [2.05, 4.69) is 0 Å². The van der Waals surface area contributed by atoms with Crippen molar-refractivity contribution >= 4 is 5.78 Å². The first-order chi connectivity index (χ1) is 4.96. The maximum Gasteiger partial charge on any atom is 0.138 e. The van der Waals surface area contributed by atoms with Crippen molar-refractivity contribution in [3.05, 3.63) is 0 Å². The zero-order chi connectivity index (χ0) is 8.70. The number of hydrogen-bond donors (Lipinski definition) is 0. The largest absolute Gasteiger partial charge is 0.378 e. The second kappa shape index (κ2) is 2.31. The molecular formula is C9H16O2. The van der Waals surface area contributed by atoms with Crippen LogP contribution in [0, 0.1) is 5.41 Å². The molecule has 64 valence electrons. The summed E-state index contributed by atoms with van der Waals surface area (Å²) in [6, 6.07) is 0. The number of carbonyl (C=O) groups excluding carboxylic acids is 1. The predicted octanol–water partition coefficient (Wildman–Crippen LogP) is 1.78. The van der Waals surface area contributed by atoms with E-state index in [0.29, 0.717) is 0 Å². The third kappa shape index (κ3) is 1.09. The summed E-state index contributed by atoms with van der Waals surface area (Å²) in [5, 5.41) is 0. The Hall–Kier alpha value is -0.370. The predicted molar refractivity (Wildman–Crippen MR) is 43.4 cm³/mol. The maximum atomic E-state index is 11.3. The first-order valence-electron chi connectivity index (χ1n) is 4.02. The Bertz CT molecular complexity index is 178. The fourth-order valence-electron chi connectivity index (χ4n) is 1.70. The molecule has 0 bridgehead atoms. The highest BCUT2D eigenvalue weighted by Crippen LogP contribution is 2.55. The third-order valence-electron chi connectivity index (χ3n) is 3.09. The average Bonchev–Trinajstić information content (AvgIpc) is 2.66. The van der Waals surface area contributed by atoms with E-state index < -0.39 is 0 Å². The van der Waals surface area contributed by atoms with Crippen molar-refractivity contribution in [1.82, 2.24) is 0 Å². The fourth-order valence-corrected chi connectivity index (χ4v) is 1.70. The Balaban J connectivity index is 2.80. The van der Waals surface area contributed by atoms with E-state index in [-0.39, 0.29) is 16.8 Å². The molecule has 0 aliphatic heterocycles. The van der Waals surface area contributed by atoms with E-state index >= 15 is 0 Å². The SMILES string of the molecule is COC(C)(C)C1(C(C)=O)CC1. The van der Waals surface area contributed by atoms with Crippen LogP contribution in [0.4, 0.5) is 0 Å². The van der Waals surface area contributed by atoms with Crippen LogP contribution in [0.15, 0.2) is 0 Å². The van der Waals surface area contributed by atoms with Gasteiger partial charge in [-0.05, 0) is 33.6 Å². The summed E-state index contributed by atoms with van der Waals surface area (Å²) < 4.78 is 5.31. The number of hydrogen-bond acceptors (Lipinski definition) is 2. The van der Waals surface area contributed by atoms with Crippen LogP contribution in [0.3, 0.4) is 0 Å². The molecule has 1 aliphatic rings. The lowest BCUT2D eigenvalue weighted by atomic mass is 9.84. The van der Waals surface area contributed by atoms with Gasteiger partial charge in [-0.1, -0.05) is 0 Å². The van der Waals surface area contributed by atoms with Gasteiger partial charge in [0.15, 0.2) is 0 Å². The minimum Gasteiger partial charge on any atom is -0.378 e. The summed E-state index contributed by atoms with van der Waals surface area (Å²) in [6.45, 7) is 5.64. The second-order valence-electron chi connectivity index (χ2n) is 3.85. The summed E-state index contributed by atoms with van der Waals surface area (Å²) in [5.41, 5.74) is -0.444. The van der Waals surface area contributed by atoms with Crippen LogP contribution in [-0.2, 0) is 9.53 Å². The first kappa shape index (κ1) is 8.72. The van der Waals surface area contributed by atoms with Crippen molar-refractivity contribution in [2.75, 3.05) is 7.11 Å². The highest BCUT2D eigenvalue weighted by atomic mass is 16.5. The lowest BCUT2D eigenvalue weighted by molar-refractivity contribution is -0.133. The quantitative estimate of drug-likeness (QED) is 0.622. The molecule has 0 N–H and O–H groups in total. The van der Waals surface area contributed by atoms with Crippen LogP contribution in [0.2, 0.25) is 0 Å². The van der Waals surface area contributed by atoms with Crippen LogP contribution < -0.4 is 0 Å². The molecule has 11 heavy (non-hydrogen) atoms. The summed E-state index contributed by atoms with van der Waals surface area (Å²) in [5.74, 6) is 0.268. The lowest BCUT2D eigenvalue weighted by Crippen LogP contribution is -2.39. The maximum absolute atomic E-state index is 11.3. The van der Waals surface area contributed by atoms with Crippen molar-refractivity contribution in [1.29, 1.82) is 0 Å². The molecule has 0 aromatic heterocycles. The fraction of sp³-hybridized carbons (Fsp3) is 0.889. The van der Waals surface area contributed by atoms with Crippen molar-refractivity contribution in [2.45, 2.75) is 39.2 Å². The zero-order valence-corrected chi connectivity index (χ0v) is 7.73. The topological polar surface area (TPSA) is 26.3 Å². The molecule has 0 amide bonds. The molecule has 0 aromatic rings. The molecule has 1 saturated carbocycles. The molecule has 2 heteroatoms. The molecule has 0 aromatic carbocycles. The summed E-state index contributed by atoms with van der Waals surface area (Å²) in [6.07, 6.45) is 1.98. The van der Waals surface area contributed by atoms with Crippen LogP contribution in [-0.4, -0.2) is 18.5 Å². The summed E-state index contributed by atoms with van der Waals surface area (Å²) >= 11 is 0. The van der Waals surface area contributed by atoms with Gasteiger partial charge in [-0.3, -0.25) is 4.79 Å². The standard InChI is InChI=1S/C9H16O2/c1-7(10)9(5-6-9)8(2,3)11-4/h5-6H2,1-4H3. The van der Waals surface area contributed by atoms with Gasteiger partial charge in [-0.25, -0.2) is 0 Å². The lowest BCUT2D eigenvalue weighted by Gasteiger charge is -2.31. The Labute approximate surface area is 67.9 Å². The Kier molecular flexibility index (Phi) is 1.83. The van der Waals surface area contributed by atoms with Crippen LogP contribution in [0.25, 0.3) is 0 Å². The molecule has 1 aliphatic carbocycles. The van der Waals surface area contributed by atoms with Gasteiger partial charge in [0.05, 0.1) is 11.0 Å². The molecule has 0 atom stereocenters. The molecule has 0 spiro atoms. The highest BCUT2D eigenvalue weighted by molar-refractivity contribution is 5.86. The van der Waals surface area contributed by atoms with Gasteiger partial charge in [0.1, 0.15) is 5.78 Å². The molecule has 0 unspecified atom stereocenters. The number of ketones is 1. The van der Waals surface area contributed by atoms with E-state index in [1.165, 1.54) is 0 Å². The first-order valence-corrected chi connectivity index (χ1v) is 4.02. The number of rotatable bonds is 3. The van der Waals surface area contributed by atoms with Crippen LogP contribution in [0.5, 0.6) is 0 Å². The minimum atomic E-state index is -0.279. The summed E-state index contributed by atoms with van der Waals surface area (Å²) in [7, 11) is 1.67. The monoisotopic (exact) mass is 156 g/mol. The van der Waals surface area contributed by atoms with Gasteiger partial charge < -0.3 is 4.74 Å². The van der Waals surface area contributed by atoms with Crippen molar-refractivity contribution in [2.24, 2.45) is 5.41 Å². The van der Waals surface area contributed by atoms with E-state index in [1.807, 2.05) is 13.8 Å². The number of methoxy groups -OCH3 is 1. The Morgan fingerprint density at radius 3 is 2.00 bits per heavy atom. The van der Waals surface area contributed by atoms with Crippen molar-refractivity contribution in [3.63, 3.8) is 0 Å². The third-order valence-corrected chi connectivity index (χ3v) is 3.09. The Morgan fingerprint density at radius 1 is 1.45 bits per heavy atom. The van der Waals surface area contributed by atoms with Gasteiger partial charge in [-0.15, -0.1) is 0 Å². The van der Waals surface area contributed by atoms with Crippen molar-refractivity contribution < 1.29 is 9.53 Å². The van der Waals surface area contributed by atoms with E-state index in [0.717, 1.165) is 12.8 Å².